The van der Waals surface area contributed by atoms with Gasteiger partial charge in [-0.2, -0.15) is 0 Å². The molecule has 72 valence electrons. The van der Waals surface area contributed by atoms with E-state index in [4.69, 9.17) is 0 Å². The van der Waals surface area contributed by atoms with Crippen LogP contribution in [0.15, 0.2) is 0 Å². The molecule has 0 aromatic heterocycles. The average Bonchev–Trinajstić information content (AvgIpc) is 2.93. The number of hydrogen-bond donors (Lipinski definition) is 0. The van der Waals surface area contributed by atoms with Crippen LogP contribution < -0.4 is 0 Å². The minimum Gasteiger partial charge on any atom is -0.0651 e. The lowest BCUT2D eigenvalue weighted by Gasteiger charge is -2.29. The summed E-state index contributed by atoms with van der Waals surface area (Å²) < 4.78 is 0. The predicted molar refractivity (Wildman–Crippen MR) is 53.1 cm³/mol. The molecule has 8 atom stereocenters. The smallest absolute Gasteiger partial charge is 0.0315 e. The molecule has 0 nitrogen and oxygen atoms in total. The highest BCUT2D eigenvalue weighted by Crippen LogP contribution is 2.78. The third kappa shape index (κ3) is 0.680. The second-order valence-electron chi connectivity index (χ2n) is 6.22. The van der Waals surface area contributed by atoms with Crippen molar-refractivity contribution in [2.75, 3.05) is 0 Å². The molecule has 4 aliphatic carbocycles. The van der Waals surface area contributed by atoms with E-state index in [0.717, 1.165) is 11.8 Å². The normalized spacial score (nSPS) is 71.5. The van der Waals surface area contributed by atoms with E-state index < -0.39 is 0 Å². The van der Waals surface area contributed by atoms with E-state index in [1.54, 1.807) is 12.8 Å². The number of rotatable bonds is 1. The van der Waals surface area contributed by atoms with Gasteiger partial charge in [-0.25, -0.2) is 0 Å². The highest BCUT2D eigenvalue weighted by molar-refractivity contribution is 5.21. The lowest BCUT2D eigenvalue weighted by molar-refractivity contribution is 0.190. The molecule has 13 heavy (non-hydrogen) atoms. The Morgan fingerprint density at radius 1 is 1.00 bits per heavy atom. The van der Waals surface area contributed by atoms with Crippen LogP contribution in [-0.2, 0) is 0 Å². The van der Waals surface area contributed by atoms with Crippen molar-refractivity contribution in [2.24, 2.45) is 47.3 Å². The highest BCUT2D eigenvalue weighted by atomic mass is 14.8. The van der Waals surface area contributed by atoms with E-state index in [1.807, 2.05) is 0 Å². The largest absolute Gasteiger partial charge is 0.0651 e. The SMILES string of the molecule is CCC1C(C)C2CC3CC3C3C1C23. The first-order valence-electron chi connectivity index (χ1n) is 6.33. The van der Waals surface area contributed by atoms with E-state index in [0.29, 0.717) is 0 Å². The Morgan fingerprint density at radius 3 is 2.46 bits per heavy atom. The summed E-state index contributed by atoms with van der Waals surface area (Å²) in [7, 11) is 0. The zero-order valence-corrected chi connectivity index (χ0v) is 8.74. The van der Waals surface area contributed by atoms with Crippen molar-refractivity contribution in [1.29, 1.82) is 0 Å². The van der Waals surface area contributed by atoms with Gasteiger partial charge in [0, 0.05) is 0 Å². The van der Waals surface area contributed by atoms with Gasteiger partial charge in [-0.05, 0) is 60.2 Å². The molecule has 4 fully saturated rings. The molecule has 0 aromatic carbocycles. The van der Waals surface area contributed by atoms with E-state index >= 15 is 0 Å². The van der Waals surface area contributed by atoms with Crippen LogP contribution in [0.3, 0.4) is 0 Å². The standard InChI is InChI=1S/C13H20/c1-3-8-6(2)9-4-7-5-10(7)13-11(8)12(9)13/h6-13H,3-5H2,1-2H3. The summed E-state index contributed by atoms with van der Waals surface area (Å²) in [5, 5.41) is 0. The first-order chi connectivity index (χ1) is 6.33. The van der Waals surface area contributed by atoms with Gasteiger partial charge < -0.3 is 0 Å². The van der Waals surface area contributed by atoms with Gasteiger partial charge in [-0.15, -0.1) is 0 Å². The zero-order valence-electron chi connectivity index (χ0n) is 8.74. The fraction of sp³-hybridized carbons (Fsp3) is 1.00. The minimum absolute atomic E-state index is 1.08. The van der Waals surface area contributed by atoms with E-state index in [-0.39, 0.29) is 0 Å². The number of hydrogen-bond acceptors (Lipinski definition) is 0. The Morgan fingerprint density at radius 2 is 1.69 bits per heavy atom. The monoisotopic (exact) mass is 176 g/mol. The van der Waals surface area contributed by atoms with Gasteiger partial charge in [0.15, 0.2) is 0 Å². The maximum absolute atomic E-state index is 2.55. The first kappa shape index (κ1) is 7.31. The van der Waals surface area contributed by atoms with Gasteiger partial charge in [-0.1, -0.05) is 20.3 Å². The fourth-order valence-electron chi connectivity index (χ4n) is 5.49. The predicted octanol–water partition coefficient (Wildman–Crippen LogP) is 3.18. The van der Waals surface area contributed by atoms with Crippen LogP contribution in [0.1, 0.15) is 33.1 Å². The van der Waals surface area contributed by atoms with Crippen LogP contribution in [0.2, 0.25) is 0 Å². The van der Waals surface area contributed by atoms with Crippen LogP contribution in [-0.4, -0.2) is 0 Å². The van der Waals surface area contributed by atoms with Gasteiger partial charge in [0.05, 0.1) is 0 Å². The minimum atomic E-state index is 1.08. The summed E-state index contributed by atoms with van der Waals surface area (Å²) in [5.74, 6) is 9.49. The van der Waals surface area contributed by atoms with E-state index in [1.165, 1.54) is 41.9 Å². The van der Waals surface area contributed by atoms with Gasteiger partial charge in [0.1, 0.15) is 0 Å². The summed E-state index contributed by atoms with van der Waals surface area (Å²) in [6.07, 6.45) is 4.71. The molecule has 0 aromatic rings. The van der Waals surface area contributed by atoms with Crippen LogP contribution in [0, 0.1) is 47.3 Å². The quantitative estimate of drug-likeness (QED) is 0.575. The lowest BCUT2D eigenvalue weighted by Crippen LogP contribution is -2.23. The maximum atomic E-state index is 2.55. The Labute approximate surface area is 81.1 Å². The average molecular weight is 176 g/mol. The summed E-state index contributed by atoms with van der Waals surface area (Å²) >= 11 is 0. The van der Waals surface area contributed by atoms with Crippen molar-refractivity contribution in [3.63, 3.8) is 0 Å². The number of fused-ring (bicyclic) bond motifs is 3. The van der Waals surface area contributed by atoms with E-state index in [2.05, 4.69) is 13.8 Å². The topological polar surface area (TPSA) is 0 Å². The molecule has 0 amide bonds. The van der Waals surface area contributed by atoms with Crippen LogP contribution in [0.4, 0.5) is 0 Å². The summed E-state index contributed by atoms with van der Waals surface area (Å²) in [4.78, 5) is 0. The first-order valence-corrected chi connectivity index (χ1v) is 6.33. The van der Waals surface area contributed by atoms with Gasteiger partial charge >= 0.3 is 0 Å². The maximum Gasteiger partial charge on any atom is -0.0315 e. The fourth-order valence-corrected chi connectivity index (χ4v) is 5.49. The summed E-state index contributed by atoms with van der Waals surface area (Å²) in [6, 6.07) is 0. The van der Waals surface area contributed by atoms with Crippen LogP contribution in [0.5, 0.6) is 0 Å². The molecule has 0 N–H and O–H groups in total. The van der Waals surface area contributed by atoms with Crippen molar-refractivity contribution in [1.82, 2.24) is 0 Å². The molecule has 0 aliphatic heterocycles. The second-order valence-corrected chi connectivity index (χ2v) is 6.22. The second kappa shape index (κ2) is 1.99. The lowest BCUT2D eigenvalue weighted by atomic mass is 9.76. The van der Waals surface area contributed by atoms with Crippen molar-refractivity contribution in [2.45, 2.75) is 33.1 Å². The van der Waals surface area contributed by atoms with Gasteiger partial charge in [0.25, 0.3) is 0 Å². The molecule has 0 radical (unpaired) electrons. The van der Waals surface area contributed by atoms with Crippen molar-refractivity contribution in [3.8, 4) is 0 Å². The van der Waals surface area contributed by atoms with Gasteiger partial charge in [-0.3, -0.25) is 0 Å². The molecule has 0 heterocycles. The molecule has 0 saturated heterocycles. The third-order valence-electron chi connectivity index (χ3n) is 6.05. The van der Waals surface area contributed by atoms with Crippen LogP contribution in [0.25, 0.3) is 0 Å². The Bertz CT molecular complexity index is 257. The zero-order chi connectivity index (χ0) is 8.74. The summed E-state index contributed by atoms with van der Waals surface area (Å²) in [5.41, 5.74) is 0. The Kier molecular flexibility index (Phi) is 1.12. The highest BCUT2D eigenvalue weighted by Gasteiger charge is 2.73. The Balaban J connectivity index is 1.69. The molecule has 0 spiro atoms. The Hall–Kier alpha value is 0. The van der Waals surface area contributed by atoms with Crippen molar-refractivity contribution < 1.29 is 0 Å². The molecule has 0 heteroatoms. The molecule has 8 unspecified atom stereocenters. The van der Waals surface area contributed by atoms with Gasteiger partial charge in [0.2, 0.25) is 0 Å². The molecular formula is C13H20. The molecule has 0 bridgehead atoms. The molecule has 4 rings (SSSR count). The van der Waals surface area contributed by atoms with Crippen LogP contribution >= 0.6 is 0 Å². The molecular weight excluding hydrogens is 156 g/mol. The summed E-state index contributed by atoms with van der Waals surface area (Å²) in [6.45, 7) is 4.97. The van der Waals surface area contributed by atoms with Crippen molar-refractivity contribution >= 4 is 0 Å². The van der Waals surface area contributed by atoms with Crippen molar-refractivity contribution in [3.05, 3.63) is 0 Å². The molecule has 4 aliphatic rings. The van der Waals surface area contributed by atoms with E-state index in [9.17, 15) is 0 Å². The third-order valence-corrected chi connectivity index (χ3v) is 6.05. The molecule has 4 saturated carbocycles.